The molecular formula is C18H23NO2S. The van der Waals surface area contributed by atoms with Crippen molar-refractivity contribution in [1.29, 1.82) is 0 Å². The lowest BCUT2D eigenvalue weighted by molar-refractivity contribution is 0.565. The quantitative estimate of drug-likeness (QED) is 0.912. The lowest BCUT2D eigenvalue weighted by atomic mass is 10.0. The van der Waals surface area contributed by atoms with Crippen LogP contribution in [0.2, 0.25) is 0 Å². The van der Waals surface area contributed by atoms with Gasteiger partial charge in [-0.15, -0.1) is 0 Å². The van der Waals surface area contributed by atoms with Crippen LogP contribution in [0.4, 0.5) is 0 Å². The minimum absolute atomic E-state index is 0.00251. The van der Waals surface area contributed by atoms with Crippen LogP contribution in [0.1, 0.15) is 40.8 Å². The number of hydrogen-bond acceptors (Lipinski definition) is 2. The molecule has 0 heterocycles. The molecule has 0 aliphatic carbocycles. The lowest BCUT2D eigenvalue weighted by Gasteiger charge is -2.17. The number of sulfonamides is 1. The summed E-state index contributed by atoms with van der Waals surface area (Å²) in [4.78, 5) is 0. The molecule has 0 saturated carbocycles. The topological polar surface area (TPSA) is 46.2 Å². The Bertz CT molecular complexity index is 749. The largest absolute Gasteiger partial charge is 0.216 e. The summed E-state index contributed by atoms with van der Waals surface area (Å²) in [6.45, 7) is 7.90. The van der Waals surface area contributed by atoms with Crippen LogP contribution in [-0.4, -0.2) is 8.42 Å². The zero-order chi connectivity index (χ0) is 16.3. The van der Waals surface area contributed by atoms with Crippen LogP contribution in [0, 0.1) is 20.8 Å². The van der Waals surface area contributed by atoms with Crippen LogP contribution in [0.25, 0.3) is 0 Å². The van der Waals surface area contributed by atoms with E-state index in [1.807, 2.05) is 64.1 Å². The number of rotatable bonds is 5. The molecule has 0 spiro atoms. The van der Waals surface area contributed by atoms with Crippen LogP contribution in [0.3, 0.4) is 0 Å². The highest BCUT2D eigenvalue weighted by Gasteiger charge is 2.17. The van der Waals surface area contributed by atoms with Gasteiger partial charge >= 0.3 is 0 Å². The number of benzene rings is 2. The first-order valence-electron chi connectivity index (χ1n) is 7.39. The second-order valence-electron chi connectivity index (χ2n) is 5.94. The van der Waals surface area contributed by atoms with Gasteiger partial charge in [-0.2, -0.15) is 0 Å². The first kappa shape index (κ1) is 16.7. The van der Waals surface area contributed by atoms with E-state index in [1.165, 1.54) is 5.56 Å². The lowest BCUT2D eigenvalue weighted by Crippen LogP contribution is -2.28. The molecule has 0 aliphatic heterocycles. The van der Waals surface area contributed by atoms with Crippen molar-refractivity contribution in [1.82, 2.24) is 4.72 Å². The Labute approximate surface area is 133 Å². The zero-order valence-electron chi connectivity index (χ0n) is 13.6. The Morgan fingerprint density at radius 1 is 0.955 bits per heavy atom. The van der Waals surface area contributed by atoms with Gasteiger partial charge in [0.25, 0.3) is 0 Å². The second kappa shape index (κ2) is 6.63. The first-order chi connectivity index (χ1) is 10.3. The molecule has 0 bridgehead atoms. The molecule has 1 N–H and O–H groups in total. The van der Waals surface area contributed by atoms with E-state index >= 15 is 0 Å². The van der Waals surface area contributed by atoms with Crippen molar-refractivity contribution in [3.8, 4) is 0 Å². The van der Waals surface area contributed by atoms with E-state index in [0.29, 0.717) is 0 Å². The van der Waals surface area contributed by atoms with Crippen molar-refractivity contribution >= 4 is 10.0 Å². The van der Waals surface area contributed by atoms with E-state index < -0.39 is 10.0 Å². The Kier molecular flexibility index (Phi) is 5.04. The Morgan fingerprint density at radius 2 is 1.55 bits per heavy atom. The van der Waals surface area contributed by atoms with Gasteiger partial charge in [-0.25, -0.2) is 13.1 Å². The van der Waals surface area contributed by atoms with Crippen molar-refractivity contribution in [3.05, 3.63) is 70.3 Å². The van der Waals surface area contributed by atoms with Crippen LogP contribution < -0.4 is 4.72 Å². The van der Waals surface area contributed by atoms with E-state index in [4.69, 9.17) is 0 Å². The fourth-order valence-electron chi connectivity index (χ4n) is 2.59. The summed E-state index contributed by atoms with van der Waals surface area (Å²) in [5.41, 5.74) is 5.21. The molecule has 1 atom stereocenters. The van der Waals surface area contributed by atoms with E-state index in [-0.39, 0.29) is 11.8 Å². The maximum atomic E-state index is 12.3. The van der Waals surface area contributed by atoms with Crippen LogP contribution in [0.5, 0.6) is 0 Å². The monoisotopic (exact) mass is 317 g/mol. The van der Waals surface area contributed by atoms with E-state index in [9.17, 15) is 8.42 Å². The molecule has 0 saturated heterocycles. The van der Waals surface area contributed by atoms with Gasteiger partial charge in [-0.1, -0.05) is 53.6 Å². The van der Waals surface area contributed by atoms with Crippen molar-refractivity contribution in [2.45, 2.75) is 39.5 Å². The summed E-state index contributed by atoms with van der Waals surface area (Å²) in [6, 6.07) is 13.4. The molecule has 2 rings (SSSR count). The average molecular weight is 317 g/mol. The molecule has 0 aliphatic rings. The summed E-state index contributed by atoms with van der Waals surface area (Å²) in [5, 5.41) is 0. The highest BCUT2D eigenvalue weighted by Crippen LogP contribution is 2.20. The first-order valence-corrected chi connectivity index (χ1v) is 9.05. The van der Waals surface area contributed by atoms with Gasteiger partial charge in [0.1, 0.15) is 0 Å². The molecule has 0 aromatic heterocycles. The molecule has 0 radical (unpaired) electrons. The Balaban J connectivity index is 2.12. The fourth-order valence-corrected chi connectivity index (χ4v) is 3.97. The maximum absolute atomic E-state index is 12.3. The van der Waals surface area contributed by atoms with Gasteiger partial charge in [0, 0.05) is 6.04 Å². The molecule has 3 nitrogen and oxygen atoms in total. The summed E-state index contributed by atoms with van der Waals surface area (Å²) < 4.78 is 27.4. The number of nitrogens with one attached hydrogen (secondary N) is 1. The SMILES string of the molecule is Cc1ccc(CS(=O)(=O)N[C@H](C)c2ccc(C)cc2C)cc1. The van der Waals surface area contributed by atoms with E-state index in [1.54, 1.807) is 0 Å². The predicted molar refractivity (Wildman–Crippen MR) is 91.3 cm³/mol. The van der Waals surface area contributed by atoms with E-state index in [2.05, 4.69) is 10.8 Å². The highest BCUT2D eigenvalue weighted by molar-refractivity contribution is 7.88. The molecule has 0 unspecified atom stereocenters. The third-order valence-electron chi connectivity index (χ3n) is 3.73. The molecule has 4 heteroatoms. The van der Waals surface area contributed by atoms with Crippen molar-refractivity contribution in [2.24, 2.45) is 0 Å². The molecule has 0 fully saturated rings. The maximum Gasteiger partial charge on any atom is 0.216 e. The minimum Gasteiger partial charge on any atom is -0.212 e. The van der Waals surface area contributed by atoms with Crippen LogP contribution in [0.15, 0.2) is 42.5 Å². The molecular weight excluding hydrogens is 294 g/mol. The van der Waals surface area contributed by atoms with Gasteiger partial charge < -0.3 is 0 Å². The molecule has 2 aromatic carbocycles. The molecule has 118 valence electrons. The Morgan fingerprint density at radius 3 is 2.14 bits per heavy atom. The van der Waals surface area contributed by atoms with Crippen molar-refractivity contribution in [2.75, 3.05) is 0 Å². The molecule has 22 heavy (non-hydrogen) atoms. The van der Waals surface area contributed by atoms with Gasteiger partial charge in [0.15, 0.2) is 0 Å². The third kappa shape index (κ3) is 4.42. The van der Waals surface area contributed by atoms with Crippen molar-refractivity contribution in [3.63, 3.8) is 0 Å². The normalized spacial score (nSPS) is 13.1. The molecule has 2 aromatic rings. The number of hydrogen-bond donors (Lipinski definition) is 1. The summed E-state index contributed by atoms with van der Waals surface area (Å²) in [6.07, 6.45) is 0. The highest BCUT2D eigenvalue weighted by atomic mass is 32.2. The summed E-state index contributed by atoms with van der Waals surface area (Å²) >= 11 is 0. The minimum atomic E-state index is -3.37. The van der Waals surface area contributed by atoms with Crippen molar-refractivity contribution < 1.29 is 8.42 Å². The van der Waals surface area contributed by atoms with Crippen LogP contribution in [-0.2, 0) is 15.8 Å². The van der Waals surface area contributed by atoms with Crippen LogP contribution >= 0.6 is 0 Å². The van der Waals surface area contributed by atoms with Gasteiger partial charge in [-0.3, -0.25) is 0 Å². The standard InChI is InChI=1S/C18H23NO2S/c1-13-5-8-17(9-6-13)12-22(20,21)19-16(4)18-10-7-14(2)11-15(18)3/h5-11,16,19H,12H2,1-4H3/t16-/m1/s1. The van der Waals surface area contributed by atoms with Gasteiger partial charge in [0.05, 0.1) is 5.75 Å². The average Bonchev–Trinajstić information content (AvgIpc) is 2.40. The Hall–Kier alpha value is -1.65. The zero-order valence-corrected chi connectivity index (χ0v) is 14.4. The van der Waals surface area contributed by atoms with Gasteiger partial charge in [-0.05, 0) is 44.4 Å². The number of aryl methyl sites for hydroxylation is 3. The smallest absolute Gasteiger partial charge is 0.212 e. The second-order valence-corrected chi connectivity index (χ2v) is 7.70. The molecule has 0 amide bonds. The van der Waals surface area contributed by atoms with E-state index in [0.717, 1.165) is 22.3 Å². The summed E-state index contributed by atoms with van der Waals surface area (Å²) in [7, 11) is -3.37. The summed E-state index contributed by atoms with van der Waals surface area (Å²) in [5.74, 6) is 0.00251. The third-order valence-corrected chi connectivity index (χ3v) is 5.15. The fraction of sp³-hybridized carbons (Fsp3) is 0.333. The predicted octanol–water partition coefficient (Wildman–Crippen LogP) is 3.79. The van der Waals surface area contributed by atoms with Gasteiger partial charge in [0.2, 0.25) is 10.0 Å².